The van der Waals surface area contributed by atoms with Crippen molar-refractivity contribution in [1.82, 2.24) is 0 Å². The number of rotatable bonds is 2. The predicted octanol–water partition coefficient (Wildman–Crippen LogP) is 4.74. The van der Waals surface area contributed by atoms with Gasteiger partial charge >= 0.3 is 5.97 Å². The Morgan fingerprint density at radius 3 is 2.96 bits per heavy atom. The lowest BCUT2D eigenvalue weighted by Crippen LogP contribution is -2.40. The number of carbonyl (C=O) groups is 1. The third-order valence-electron chi connectivity index (χ3n) is 7.14. The summed E-state index contributed by atoms with van der Waals surface area (Å²) in [6.07, 6.45) is 8.60. The summed E-state index contributed by atoms with van der Waals surface area (Å²) in [6.45, 7) is 4.67. The van der Waals surface area contributed by atoms with E-state index in [9.17, 15) is 9.90 Å². The van der Waals surface area contributed by atoms with Crippen LogP contribution in [0.1, 0.15) is 63.0 Å². The van der Waals surface area contributed by atoms with E-state index in [-0.39, 0.29) is 11.4 Å². The Balaban J connectivity index is 1.62. The van der Waals surface area contributed by atoms with Crippen molar-refractivity contribution in [3.05, 3.63) is 41.0 Å². The standard InChI is InChI=1S/C22H28O3/c1-3-25-21(24)13-15-5-9-20-19-7-4-14-12-16(23)6-8-17(14)18(19)10-11-22(15,20)2/h6,8,12-13,18-20,23H,3-5,7,9-11H2,1-2H3/t18?,19?,20?,22-/m1/s1. The van der Waals surface area contributed by atoms with Crippen molar-refractivity contribution in [2.24, 2.45) is 17.3 Å². The van der Waals surface area contributed by atoms with E-state index in [0.717, 1.165) is 19.3 Å². The smallest absolute Gasteiger partial charge is 0.330 e. The molecular formula is C22H28O3. The number of esters is 1. The van der Waals surface area contributed by atoms with E-state index in [1.54, 1.807) is 6.08 Å². The molecule has 0 bridgehead atoms. The van der Waals surface area contributed by atoms with Crippen LogP contribution < -0.4 is 0 Å². The van der Waals surface area contributed by atoms with E-state index in [4.69, 9.17) is 4.74 Å². The second kappa shape index (κ2) is 6.19. The highest BCUT2D eigenvalue weighted by Gasteiger charge is 2.52. The first kappa shape index (κ1) is 16.7. The molecule has 25 heavy (non-hydrogen) atoms. The molecule has 4 rings (SSSR count). The van der Waals surface area contributed by atoms with Crippen LogP contribution in [0, 0.1) is 17.3 Å². The monoisotopic (exact) mass is 340 g/mol. The van der Waals surface area contributed by atoms with Gasteiger partial charge in [-0.2, -0.15) is 0 Å². The van der Waals surface area contributed by atoms with E-state index in [0.29, 0.717) is 30.1 Å². The minimum Gasteiger partial charge on any atom is -0.508 e. The van der Waals surface area contributed by atoms with Gasteiger partial charge < -0.3 is 9.84 Å². The highest BCUT2D eigenvalue weighted by atomic mass is 16.5. The third-order valence-corrected chi connectivity index (χ3v) is 7.14. The van der Waals surface area contributed by atoms with Crippen molar-refractivity contribution in [3.63, 3.8) is 0 Å². The van der Waals surface area contributed by atoms with Gasteiger partial charge in [-0.25, -0.2) is 4.79 Å². The summed E-state index contributed by atoms with van der Waals surface area (Å²) in [7, 11) is 0. The maximum Gasteiger partial charge on any atom is 0.330 e. The number of hydrogen-bond donors (Lipinski definition) is 1. The average molecular weight is 340 g/mol. The first-order valence-corrected chi connectivity index (χ1v) is 9.72. The number of ether oxygens (including phenoxy) is 1. The summed E-state index contributed by atoms with van der Waals surface area (Å²) < 4.78 is 5.15. The van der Waals surface area contributed by atoms with E-state index in [1.165, 1.54) is 36.0 Å². The predicted molar refractivity (Wildman–Crippen MR) is 97.4 cm³/mol. The number of phenols is 1. The fourth-order valence-corrected chi connectivity index (χ4v) is 5.98. The first-order valence-electron chi connectivity index (χ1n) is 9.72. The van der Waals surface area contributed by atoms with Crippen LogP contribution in [0.2, 0.25) is 0 Å². The van der Waals surface area contributed by atoms with Crippen molar-refractivity contribution in [2.45, 2.75) is 58.3 Å². The molecule has 0 radical (unpaired) electrons. The lowest BCUT2D eigenvalue weighted by Gasteiger charge is -2.49. The fraction of sp³-hybridized carbons (Fsp3) is 0.591. The van der Waals surface area contributed by atoms with Crippen LogP contribution in [0.3, 0.4) is 0 Å². The van der Waals surface area contributed by atoms with Gasteiger partial charge in [0.2, 0.25) is 0 Å². The van der Waals surface area contributed by atoms with Gasteiger partial charge in [-0.3, -0.25) is 0 Å². The lowest BCUT2D eigenvalue weighted by molar-refractivity contribution is -0.137. The molecule has 3 unspecified atom stereocenters. The van der Waals surface area contributed by atoms with Crippen LogP contribution in [-0.2, 0) is 16.0 Å². The van der Waals surface area contributed by atoms with Crippen molar-refractivity contribution in [3.8, 4) is 5.75 Å². The number of phenolic OH excluding ortho intramolecular Hbond substituents is 1. The molecular weight excluding hydrogens is 312 g/mol. The zero-order chi connectivity index (χ0) is 17.6. The molecule has 0 amide bonds. The number of aromatic hydroxyl groups is 1. The highest BCUT2D eigenvalue weighted by Crippen LogP contribution is 2.62. The molecule has 3 heteroatoms. The van der Waals surface area contributed by atoms with Crippen molar-refractivity contribution < 1.29 is 14.6 Å². The topological polar surface area (TPSA) is 46.5 Å². The summed E-state index contributed by atoms with van der Waals surface area (Å²) in [5, 5.41) is 9.79. The zero-order valence-electron chi connectivity index (χ0n) is 15.3. The molecule has 3 aliphatic rings. The van der Waals surface area contributed by atoms with Gasteiger partial charge in [-0.1, -0.05) is 18.6 Å². The molecule has 2 saturated carbocycles. The molecule has 0 saturated heterocycles. The number of benzene rings is 1. The van der Waals surface area contributed by atoms with Gasteiger partial charge in [0.05, 0.1) is 6.61 Å². The average Bonchev–Trinajstić information content (AvgIpc) is 2.91. The van der Waals surface area contributed by atoms with Gasteiger partial charge in [-0.15, -0.1) is 0 Å². The van der Waals surface area contributed by atoms with Gasteiger partial charge in [-0.05, 0) is 91.9 Å². The lowest BCUT2D eigenvalue weighted by atomic mass is 9.55. The van der Waals surface area contributed by atoms with Gasteiger partial charge in [0.15, 0.2) is 0 Å². The molecule has 3 nitrogen and oxygen atoms in total. The van der Waals surface area contributed by atoms with Crippen molar-refractivity contribution >= 4 is 5.97 Å². The molecule has 4 atom stereocenters. The summed E-state index contributed by atoms with van der Waals surface area (Å²) in [6, 6.07) is 5.95. The molecule has 1 aromatic carbocycles. The minimum atomic E-state index is -0.175. The van der Waals surface area contributed by atoms with E-state index >= 15 is 0 Å². The molecule has 0 spiro atoms. The normalized spacial score (nSPS) is 35.0. The second-order valence-electron chi connectivity index (χ2n) is 8.22. The quantitative estimate of drug-likeness (QED) is 0.625. The zero-order valence-corrected chi connectivity index (χ0v) is 15.3. The third kappa shape index (κ3) is 2.68. The Bertz CT molecular complexity index is 720. The maximum atomic E-state index is 12.0. The number of carbonyl (C=O) groups excluding carboxylic acids is 1. The molecule has 0 heterocycles. The maximum absolute atomic E-state index is 12.0. The van der Waals surface area contributed by atoms with Crippen LogP contribution in [0.15, 0.2) is 29.8 Å². The van der Waals surface area contributed by atoms with Crippen molar-refractivity contribution in [1.29, 1.82) is 0 Å². The van der Waals surface area contributed by atoms with Crippen LogP contribution in [0.5, 0.6) is 5.75 Å². The second-order valence-corrected chi connectivity index (χ2v) is 8.22. The highest BCUT2D eigenvalue weighted by molar-refractivity contribution is 5.83. The van der Waals surface area contributed by atoms with Gasteiger partial charge in [0.25, 0.3) is 0 Å². The number of fused-ring (bicyclic) bond motifs is 5. The largest absolute Gasteiger partial charge is 0.508 e. The minimum absolute atomic E-state index is 0.155. The SMILES string of the molecule is CCOC(=O)C=C1CCC2C3CCc4cc(O)ccc4C3CC[C@]12C. The molecule has 134 valence electrons. The Hall–Kier alpha value is -1.77. The molecule has 1 N–H and O–H groups in total. The molecule has 0 aromatic heterocycles. The summed E-state index contributed by atoms with van der Waals surface area (Å²) >= 11 is 0. The van der Waals surface area contributed by atoms with E-state index in [2.05, 4.69) is 13.0 Å². The Morgan fingerprint density at radius 2 is 2.16 bits per heavy atom. The summed E-state index contributed by atoms with van der Waals surface area (Å²) in [5.74, 6) is 2.19. The molecule has 1 aromatic rings. The summed E-state index contributed by atoms with van der Waals surface area (Å²) in [4.78, 5) is 12.0. The van der Waals surface area contributed by atoms with Gasteiger partial charge in [0, 0.05) is 6.08 Å². The molecule has 3 aliphatic carbocycles. The van der Waals surface area contributed by atoms with Crippen LogP contribution in [0.25, 0.3) is 0 Å². The van der Waals surface area contributed by atoms with Crippen LogP contribution in [-0.4, -0.2) is 17.7 Å². The number of allylic oxidation sites excluding steroid dienone is 1. The Morgan fingerprint density at radius 1 is 1.32 bits per heavy atom. The number of hydrogen-bond acceptors (Lipinski definition) is 3. The van der Waals surface area contributed by atoms with Crippen LogP contribution in [0.4, 0.5) is 0 Å². The van der Waals surface area contributed by atoms with Crippen LogP contribution >= 0.6 is 0 Å². The summed E-state index contributed by atoms with van der Waals surface area (Å²) in [5.41, 5.74) is 4.26. The first-order chi connectivity index (χ1) is 12.0. The van der Waals surface area contributed by atoms with Gasteiger partial charge in [0.1, 0.15) is 5.75 Å². The molecule has 0 aliphatic heterocycles. The fourth-order valence-electron chi connectivity index (χ4n) is 5.98. The molecule has 2 fully saturated rings. The van der Waals surface area contributed by atoms with E-state index < -0.39 is 0 Å². The van der Waals surface area contributed by atoms with E-state index in [1.807, 2.05) is 19.1 Å². The Kier molecular flexibility index (Phi) is 4.13. The van der Waals surface area contributed by atoms with Crippen molar-refractivity contribution in [2.75, 3.05) is 6.61 Å². The Labute approximate surface area is 150 Å². The number of aryl methyl sites for hydroxylation is 1.